The van der Waals surface area contributed by atoms with Gasteiger partial charge in [0.25, 0.3) is 0 Å². The minimum Gasteiger partial charge on any atom is -0.312 e. The summed E-state index contributed by atoms with van der Waals surface area (Å²) < 4.78 is 0. The molecule has 2 heteroatoms. The summed E-state index contributed by atoms with van der Waals surface area (Å²) in [5.74, 6) is 2.69. The molecule has 1 aliphatic carbocycles. The van der Waals surface area contributed by atoms with E-state index in [1.807, 2.05) is 0 Å². The lowest BCUT2D eigenvalue weighted by atomic mass is 9.88. The molecule has 0 aromatic rings. The largest absolute Gasteiger partial charge is 0.312 e. The molecule has 2 rings (SSSR count). The third-order valence-corrected chi connectivity index (χ3v) is 5.23. The second-order valence-electron chi connectivity index (χ2n) is 7.77. The Balaban J connectivity index is 1.87. The van der Waals surface area contributed by atoms with Crippen molar-refractivity contribution in [2.45, 2.75) is 78.3 Å². The summed E-state index contributed by atoms with van der Waals surface area (Å²) in [5.41, 5.74) is 0. The van der Waals surface area contributed by atoms with Gasteiger partial charge in [-0.3, -0.25) is 4.90 Å². The predicted octanol–water partition coefficient (Wildman–Crippen LogP) is 3.91. The summed E-state index contributed by atoms with van der Waals surface area (Å²) in [6.07, 6.45) is 8.54. The van der Waals surface area contributed by atoms with Crippen LogP contribution in [0.3, 0.4) is 0 Å². The zero-order chi connectivity index (χ0) is 14.5. The molecule has 0 aromatic carbocycles. The van der Waals surface area contributed by atoms with Crippen LogP contribution in [-0.2, 0) is 0 Å². The second kappa shape index (κ2) is 7.79. The molecule has 0 radical (unpaired) electrons. The minimum atomic E-state index is 0.731. The van der Waals surface area contributed by atoms with Gasteiger partial charge in [-0.05, 0) is 56.9 Å². The first-order valence-corrected chi connectivity index (χ1v) is 9.07. The maximum Gasteiger partial charge on any atom is 0.0198 e. The van der Waals surface area contributed by atoms with E-state index in [4.69, 9.17) is 0 Å². The summed E-state index contributed by atoms with van der Waals surface area (Å²) in [4.78, 5) is 2.81. The molecule has 20 heavy (non-hydrogen) atoms. The van der Waals surface area contributed by atoms with Crippen LogP contribution in [0.5, 0.6) is 0 Å². The van der Waals surface area contributed by atoms with Crippen LogP contribution >= 0.6 is 0 Å². The molecule has 1 N–H and O–H groups in total. The molecule has 1 saturated carbocycles. The molecule has 118 valence electrons. The molecule has 0 aromatic heterocycles. The van der Waals surface area contributed by atoms with Crippen molar-refractivity contribution in [3.05, 3.63) is 0 Å². The Labute approximate surface area is 126 Å². The lowest BCUT2D eigenvalue weighted by Gasteiger charge is -2.42. The van der Waals surface area contributed by atoms with E-state index in [-0.39, 0.29) is 0 Å². The van der Waals surface area contributed by atoms with Crippen LogP contribution in [-0.4, -0.2) is 36.6 Å². The number of nitrogens with zero attached hydrogens (tertiary/aromatic N) is 1. The van der Waals surface area contributed by atoms with Crippen molar-refractivity contribution in [1.29, 1.82) is 0 Å². The number of hydrogen-bond acceptors (Lipinski definition) is 2. The first-order chi connectivity index (χ1) is 9.60. The Kier molecular flexibility index (Phi) is 6.35. The normalized spacial score (nSPS) is 29.9. The fourth-order valence-corrected chi connectivity index (χ4v) is 3.70. The summed E-state index contributed by atoms with van der Waals surface area (Å²) >= 11 is 0. The van der Waals surface area contributed by atoms with E-state index in [0.29, 0.717) is 0 Å². The van der Waals surface area contributed by atoms with Crippen LogP contribution in [0.2, 0.25) is 0 Å². The lowest BCUT2D eigenvalue weighted by molar-refractivity contribution is 0.0890. The van der Waals surface area contributed by atoms with Gasteiger partial charge in [-0.2, -0.15) is 0 Å². The van der Waals surface area contributed by atoms with E-state index < -0.39 is 0 Å². The molecule has 3 unspecified atom stereocenters. The average Bonchev–Trinajstić information content (AvgIpc) is 3.26. The number of unbranched alkanes of at least 4 members (excludes halogenated alkanes) is 1. The van der Waals surface area contributed by atoms with Crippen LogP contribution in [0, 0.1) is 17.8 Å². The van der Waals surface area contributed by atoms with Crippen molar-refractivity contribution in [3.8, 4) is 0 Å². The third-order valence-electron chi connectivity index (χ3n) is 5.23. The summed E-state index contributed by atoms with van der Waals surface area (Å²) in [6, 6.07) is 1.55. The Morgan fingerprint density at radius 2 is 1.90 bits per heavy atom. The van der Waals surface area contributed by atoms with Gasteiger partial charge in [-0.25, -0.2) is 0 Å². The van der Waals surface area contributed by atoms with Crippen LogP contribution in [0.25, 0.3) is 0 Å². The van der Waals surface area contributed by atoms with Gasteiger partial charge in [0.1, 0.15) is 0 Å². The van der Waals surface area contributed by atoms with E-state index in [1.54, 1.807) is 0 Å². The minimum absolute atomic E-state index is 0.731. The number of rotatable bonds is 8. The maximum absolute atomic E-state index is 3.83. The molecular formula is C18H36N2. The second-order valence-corrected chi connectivity index (χ2v) is 7.77. The average molecular weight is 281 g/mol. The fraction of sp³-hybridized carbons (Fsp3) is 1.00. The third kappa shape index (κ3) is 5.04. The van der Waals surface area contributed by atoms with Gasteiger partial charge in [0, 0.05) is 25.2 Å². The number of hydrogen-bond donors (Lipinski definition) is 1. The van der Waals surface area contributed by atoms with Crippen LogP contribution < -0.4 is 5.32 Å². The quantitative estimate of drug-likeness (QED) is 0.725. The van der Waals surface area contributed by atoms with Crippen molar-refractivity contribution in [1.82, 2.24) is 10.2 Å². The lowest BCUT2D eigenvalue weighted by Crippen LogP contribution is -2.53. The van der Waals surface area contributed by atoms with Crippen molar-refractivity contribution in [3.63, 3.8) is 0 Å². The van der Waals surface area contributed by atoms with E-state index in [9.17, 15) is 0 Å². The molecule has 0 spiro atoms. The monoisotopic (exact) mass is 280 g/mol. The SMILES string of the molecule is CCCCC1CC(NCC(C)C)CN(C(C)C2CC2)C1. The van der Waals surface area contributed by atoms with Gasteiger partial charge < -0.3 is 5.32 Å². The van der Waals surface area contributed by atoms with Crippen LogP contribution in [0.4, 0.5) is 0 Å². The summed E-state index contributed by atoms with van der Waals surface area (Å²) in [5, 5.41) is 3.83. The predicted molar refractivity (Wildman–Crippen MR) is 88.0 cm³/mol. The highest BCUT2D eigenvalue weighted by Crippen LogP contribution is 2.37. The highest BCUT2D eigenvalue weighted by atomic mass is 15.2. The Morgan fingerprint density at radius 3 is 2.50 bits per heavy atom. The molecule has 2 fully saturated rings. The maximum atomic E-state index is 3.83. The first-order valence-electron chi connectivity index (χ1n) is 9.07. The molecule has 1 aliphatic heterocycles. The van der Waals surface area contributed by atoms with Crippen molar-refractivity contribution in [2.75, 3.05) is 19.6 Å². The number of nitrogens with one attached hydrogen (secondary N) is 1. The number of likely N-dealkylation sites (tertiary alicyclic amines) is 1. The zero-order valence-corrected chi connectivity index (χ0v) is 14.2. The standard InChI is InChI=1S/C18H36N2/c1-5-6-7-16-10-18(19-11-14(2)3)13-20(12-16)15(4)17-8-9-17/h14-19H,5-13H2,1-4H3. The van der Waals surface area contributed by atoms with Crippen molar-refractivity contribution < 1.29 is 0 Å². The zero-order valence-electron chi connectivity index (χ0n) is 14.2. The Hall–Kier alpha value is -0.0800. The molecule has 2 nitrogen and oxygen atoms in total. The molecule has 2 aliphatic rings. The Morgan fingerprint density at radius 1 is 1.15 bits per heavy atom. The summed E-state index contributed by atoms with van der Waals surface area (Å²) in [7, 11) is 0. The van der Waals surface area contributed by atoms with E-state index in [2.05, 4.69) is 37.9 Å². The van der Waals surface area contributed by atoms with Crippen LogP contribution in [0.1, 0.15) is 66.2 Å². The molecule has 1 heterocycles. The molecular weight excluding hydrogens is 244 g/mol. The molecule has 0 amide bonds. The van der Waals surface area contributed by atoms with Gasteiger partial charge in [-0.15, -0.1) is 0 Å². The van der Waals surface area contributed by atoms with Crippen LogP contribution in [0.15, 0.2) is 0 Å². The smallest absolute Gasteiger partial charge is 0.0198 e. The van der Waals surface area contributed by atoms with Gasteiger partial charge in [0.2, 0.25) is 0 Å². The first kappa shape index (κ1) is 16.3. The van der Waals surface area contributed by atoms with Gasteiger partial charge in [0.05, 0.1) is 0 Å². The molecule has 1 saturated heterocycles. The van der Waals surface area contributed by atoms with Gasteiger partial charge in [-0.1, -0.05) is 33.6 Å². The Bertz CT molecular complexity index is 273. The topological polar surface area (TPSA) is 15.3 Å². The highest BCUT2D eigenvalue weighted by molar-refractivity contribution is 4.91. The molecule has 0 bridgehead atoms. The molecule has 3 atom stereocenters. The van der Waals surface area contributed by atoms with E-state index in [0.717, 1.165) is 29.8 Å². The highest BCUT2D eigenvalue weighted by Gasteiger charge is 2.36. The number of piperidine rings is 1. The van der Waals surface area contributed by atoms with E-state index >= 15 is 0 Å². The fourth-order valence-electron chi connectivity index (χ4n) is 3.70. The van der Waals surface area contributed by atoms with Gasteiger partial charge in [0.15, 0.2) is 0 Å². The van der Waals surface area contributed by atoms with E-state index in [1.165, 1.54) is 58.2 Å². The van der Waals surface area contributed by atoms with Gasteiger partial charge >= 0.3 is 0 Å². The summed E-state index contributed by atoms with van der Waals surface area (Å²) in [6.45, 7) is 13.2. The van der Waals surface area contributed by atoms with Crippen molar-refractivity contribution >= 4 is 0 Å². The van der Waals surface area contributed by atoms with Crippen molar-refractivity contribution in [2.24, 2.45) is 17.8 Å².